The number of nitrogens with one attached hydrogen (secondary N) is 2. The Morgan fingerprint density at radius 2 is 1.55 bits per heavy atom. The van der Waals surface area contributed by atoms with Crippen LogP contribution in [-0.2, 0) is 10.0 Å². The highest BCUT2D eigenvalue weighted by atomic mass is 35.5. The van der Waals surface area contributed by atoms with Crippen LogP contribution >= 0.6 is 34.8 Å². The van der Waals surface area contributed by atoms with Gasteiger partial charge in [-0.15, -0.1) is 0 Å². The van der Waals surface area contributed by atoms with Crippen molar-refractivity contribution >= 4 is 62.1 Å². The summed E-state index contributed by atoms with van der Waals surface area (Å²) in [6, 6.07) is 15.3. The Hall–Kier alpha value is -2.25. The molecule has 0 bridgehead atoms. The molecule has 0 aliphatic carbocycles. The molecule has 29 heavy (non-hydrogen) atoms. The number of rotatable bonds is 5. The lowest BCUT2D eigenvalue weighted by Gasteiger charge is -2.12. The SMILES string of the molecule is Cc1ccc(S(=O)(=O)Nc2ccc(Cl)c(C(=O)Nc3ccc(Cl)cc3Cl)c2)cc1. The number of carbonyl (C=O) groups excluding carboxylic acids is 1. The van der Waals surface area contributed by atoms with Gasteiger partial charge >= 0.3 is 0 Å². The van der Waals surface area contributed by atoms with Crippen molar-refractivity contribution in [2.45, 2.75) is 11.8 Å². The Bertz CT molecular complexity index is 1180. The maximum Gasteiger partial charge on any atom is 0.261 e. The minimum atomic E-state index is -3.82. The molecule has 9 heteroatoms. The Labute approximate surface area is 183 Å². The summed E-state index contributed by atoms with van der Waals surface area (Å²) in [5.41, 5.74) is 1.57. The number of sulfonamides is 1. The maximum absolute atomic E-state index is 12.6. The summed E-state index contributed by atoms with van der Waals surface area (Å²) in [6.07, 6.45) is 0. The first-order chi connectivity index (χ1) is 13.7. The van der Waals surface area contributed by atoms with Gasteiger partial charge in [0.05, 0.1) is 26.2 Å². The van der Waals surface area contributed by atoms with Gasteiger partial charge in [-0.05, 0) is 55.5 Å². The van der Waals surface area contributed by atoms with E-state index in [0.717, 1.165) is 5.56 Å². The fraction of sp³-hybridized carbons (Fsp3) is 0.0500. The van der Waals surface area contributed by atoms with E-state index in [-0.39, 0.29) is 26.2 Å². The molecule has 0 aliphatic heterocycles. The summed E-state index contributed by atoms with van der Waals surface area (Å²) in [5.74, 6) is -0.546. The lowest BCUT2D eigenvalue weighted by Crippen LogP contribution is -2.16. The van der Waals surface area contributed by atoms with Crippen LogP contribution in [0.3, 0.4) is 0 Å². The summed E-state index contributed by atoms with van der Waals surface area (Å²) in [4.78, 5) is 12.7. The van der Waals surface area contributed by atoms with E-state index in [1.165, 1.54) is 36.4 Å². The number of hydrogen-bond acceptors (Lipinski definition) is 3. The van der Waals surface area contributed by atoms with Crippen molar-refractivity contribution in [3.8, 4) is 0 Å². The van der Waals surface area contributed by atoms with Gasteiger partial charge in [0.1, 0.15) is 0 Å². The zero-order chi connectivity index (χ0) is 21.2. The zero-order valence-corrected chi connectivity index (χ0v) is 18.1. The van der Waals surface area contributed by atoms with E-state index in [1.54, 1.807) is 24.3 Å². The van der Waals surface area contributed by atoms with Crippen LogP contribution in [-0.4, -0.2) is 14.3 Å². The minimum Gasteiger partial charge on any atom is -0.321 e. The molecule has 0 saturated carbocycles. The molecule has 3 aromatic rings. The lowest BCUT2D eigenvalue weighted by atomic mass is 10.2. The largest absolute Gasteiger partial charge is 0.321 e. The van der Waals surface area contributed by atoms with Crippen molar-refractivity contribution in [1.29, 1.82) is 0 Å². The maximum atomic E-state index is 12.6. The third-order valence-corrected chi connectivity index (χ3v) is 6.25. The Morgan fingerprint density at radius 1 is 0.862 bits per heavy atom. The van der Waals surface area contributed by atoms with Gasteiger partial charge < -0.3 is 5.32 Å². The molecule has 0 aromatic heterocycles. The van der Waals surface area contributed by atoms with Crippen LogP contribution in [0.4, 0.5) is 11.4 Å². The van der Waals surface area contributed by atoms with Crippen LogP contribution in [0.5, 0.6) is 0 Å². The van der Waals surface area contributed by atoms with Gasteiger partial charge in [0.2, 0.25) is 0 Å². The van der Waals surface area contributed by atoms with Crippen molar-refractivity contribution in [2.75, 3.05) is 10.0 Å². The molecule has 2 N–H and O–H groups in total. The molecule has 0 heterocycles. The van der Waals surface area contributed by atoms with Crippen LogP contribution in [0.1, 0.15) is 15.9 Å². The topological polar surface area (TPSA) is 75.3 Å². The first-order valence-corrected chi connectivity index (χ1v) is 10.9. The molecule has 5 nitrogen and oxygen atoms in total. The number of halogens is 3. The molecule has 3 rings (SSSR count). The summed E-state index contributed by atoms with van der Waals surface area (Å²) in [5, 5.41) is 3.48. The zero-order valence-electron chi connectivity index (χ0n) is 15.0. The predicted octanol–water partition coefficient (Wildman–Crippen LogP) is 6.01. The molecule has 0 saturated heterocycles. The second-order valence-electron chi connectivity index (χ2n) is 6.19. The number of anilines is 2. The van der Waals surface area contributed by atoms with Gasteiger partial charge in [-0.25, -0.2) is 8.42 Å². The monoisotopic (exact) mass is 468 g/mol. The standard InChI is InChI=1S/C20H15Cl3N2O3S/c1-12-2-6-15(7-3-12)29(27,28)25-14-5-8-17(22)16(11-14)20(26)24-19-9-4-13(21)10-18(19)23/h2-11,25H,1H3,(H,24,26). The molecule has 150 valence electrons. The number of amides is 1. The van der Waals surface area contributed by atoms with Crippen LogP contribution in [0.2, 0.25) is 15.1 Å². The number of carbonyl (C=O) groups is 1. The molecule has 1 amide bonds. The molecule has 0 unspecified atom stereocenters. The molecular formula is C20H15Cl3N2O3S. The van der Waals surface area contributed by atoms with Crippen molar-refractivity contribution in [2.24, 2.45) is 0 Å². The van der Waals surface area contributed by atoms with Crippen LogP contribution in [0.25, 0.3) is 0 Å². The third-order valence-electron chi connectivity index (χ3n) is 3.97. The Balaban J connectivity index is 1.85. The van der Waals surface area contributed by atoms with Crippen molar-refractivity contribution < 1.29 is 13.2 Å². The highest BCUT2D eigenvalue weighted by Crippen LogP contribution is 2.28. The predicted molar refractivity (Wildman–Crippen MR) is 118 cm³/mol. The molecule has 0 atom stereocenters. The Morgan fingerprint density at radius 3 is 2.21 bits per heavy atom. The highest BCUT2D eigenvalue weighted by Gasteiger charge is 2.17. The van der Waals surface area contributed by atoms with Crippen LogP contribution in [0.15, 0.2) is 65.6 Å². The number of benzene rings is 3. The first kappa shape index (κ1) is 21.5. The van der Waals surface area contributed by atoms with Crippen molar-refractivity contribution in [3.05, 3.63) is 86.9 Å². The van der Waals surface area contributed by atoms with Gasteiger partial charge in [0.25, 0.3) is 15.9 Å². The first-order valence-electron chi connectivity index (χ1n) is 8.31. The number of hydrogen-bond donors (Lipinski definition) is 2. The second kappa shape index (κ2) is 8.63. The van der Waals surface area contributed by atoms with Crippen LogP contribution in [0, 0.1) is 6.92 Å². The summed E-state index contributed by atoms with van der Waals surface area (Å²) in [6.45, 7) is 1.86. The molecular weight excluding hydrogens is 455 g/mol. The normalized spacial score (nSPS) is 11.2. The third kappa shape index (κ3) is 5.22. The van der Waals surface area contributed by atoms with E-state index in [2.05, 4.69) is 10.0 Å². The van der Waals surface area contributed by atoms with E-state index < -0.39 is 15.9 Å². The number of aryl methyl sites for hydroxylation is 1. The van der Waals surface area contributed by atoms with Gasteiger partial charge in [-0.3, -0.25) is 9.52 Å². The average Bonchev–Trinajstić information content (AvgIpc) is 2.65. The Kier molecular flexibility index (Phi) is 6.39. The van der Waals surface area contributed by atoms with Crippen molar-refractivity contribution in [1.82, 2.24) is 0 Å². The van der Waals surface area contributed by atoms with Gasteiger partial charge in [0, 0.05) is 10.7 Å². The van der Waals surface area contributed by atoms with Gasteiger partial charge in [-0.1, -0.05) is 52.5 Å². The molecule has 0 aliphatic rings. The average molecular weight is 470 g/mol. The molecule has 3 aromatic carbocycles. The van der Waals surface area contributed by atoms with E-state index in [0.29, 0.717) is 10.7 Å². The summed E-state index contributed by atoms with van der Waals surface area (Å²) >= 11 is 18.1. The van der Waals surface area contributed by atoms with E-state index >= 15 is 0 Å². The molecule has 0 fully saturated rings. The van der Waals surface area contributed by atoms with Crippen LogP contribution < -0.4 is 10.0 Å². The summed E-state index contributed by atoms with van der Waals surface area (Å²) in [7, 11) is -3.82. The van der Waals surface area contributed by atoms with E-state index in [4.69, 9.17) is 34.8 Å². The lowest BCUT2D eigenvalue weighted by molar-refractivity contribution is 0.102. The van der Waals surface area contributed by atoms with Gasteiger partial charge in [-0.2, -0.15) is 0 Å². The molecule has 0 radical (unpaired) electrons. The fourth-order valence-electron chi connectivity index (χ4n) is 2.47. The highest BCUT2D eigenvalue weighted by molar-refractivity contribution is 7.92. The van der Waals surface area contributed by atoms with E-state index in [9.17, 15) is 13.2 Å². The second-order valence-corrected chi connectivity index (χ2v) is 9.12. The summed E-state index contributed by atoms with van der Waals surface area (Å²) < 4.78 is 27.6. The molecule has 0 spiro atoms. The fourth-order valence-corrected chi connectivity index (χ4v) is 4.18. The van der Waals surface area contributed by atoms with Crippen molar-refractivity contribution in [3.63, 3.8) is 0 Å². The van der Waals surface area contributed by atoms with E-state index in [1.807, 2.05) is 6.92 Å². The quantitative estimate of drug-likeness (QED) is 0.480. The smallest absolute Gasteiger partial charge is 0.261 e. The van der Waals surface area contributed by atoms with Gasteiger partial charge in [0.15, 0.2) is 0 Å². The minimum absolute atomic E-state index is 0.0850.